The van der Waals surface area contributed by atoms with Crippen molar-refractivity contribution < 1.29 is 9.90 Å². The maximum Gasteiger partial charge on any atom is 0.307 e. The van der Waals surface area contributed by atoms with E-state index in [1.54, 1.807) is 24.0 Å². The normalized spacial score (nSPS) is 24.5. The van der Waals surface area contributed by atoms with Crippen LogP contribution in [0.4, 0.5) is 5.82 Å². The average molecular weight is 224 g/mol. The van der Waals surface area contributed by atoms with Gasteiger partial charge in [-0.1, -0.05) is 0 Å². The molecular formula is C10H12N2O2S. The number of thioether (sulfide) groups is 1. The van der Waals surface area contributed by atoms with E-state index >= 15 is 0 Å². The van der Waals surface area contributed by atoms with Gasteiger partial charge in [0.2, 0.25) is 0 Å². The summed E-state index contributed by atoms with van der Waals surface area (Å²) in [5.41, 5.74) is 5.47. The van der Waals surface area contributed by atoms with Gasteiger partial charge in [-0.05, 0) is 25.0 Å². The fourth-order valence-corrected chi connectivity index (χ4v) is 2.81. The summed E-state index contributed by atoms with van der Waals surface area (Å²) < 4.78 is 0. The highest BCUT2D eigenvalue weighted by atomic mass is 32.2. The predicted octanol–water partition coefficient (Wildman–Crippen LogP) is 1.62. The molecule has 0 spiro atoms. The van der Waals surface area contributed by atoms with Gasteiger partial charge in [-0.2, -0.15) is 0 Å². The van der Waals surface area contributed by atoms with Crippen LogP contribution in [0.5, 0.6) is 0 Å². The Morgan fingerprint density at radius 3 is 2.80 bits per heavy atom. The largest absolute Gasteiger partial charge is 0.481 e. The third-order valence-electron chi connectivity index (χ3n) is 2.57. The van der Waals surface area contributed by atoms with Crippen molar-refractivity contribution in [3.8, 4) is 0 Å². The van der Waals surface area contributed by atoms with Gasteiger partial charge in [0.1, 0.15) is 5.82 Å². The van der Waals surface area contributed by atoms with Crippen LogP contribution < -0.4 is 5.73 Å². The van der Waals surface area contributed by atoms with Gasteiger partial charge in [0, 0.05) is 16.3 Å². The van der Waals surface area contributed by atoms with E-state index in [0.717, 1.165) is 17.7 Å². The average Bonchev–Trinajstić information content (AvgIpc) is 2.14. The third-order valence-corrected chi connectivity index (χ3v) is 3.96. The first-order valence-corrected chi connectivity index (χ1v) is 5.66. The summed E-state index contributed by atoms with van der Waals surface area (Å²) in [6, 6.07) is 3.61. The molecule has 5 heteroatoms. The lowest BCUT2D eigenvalue weighted by Gasteiger charge is -2.32. The Hall–Kier alpha value is -1.23. The molecule has 80 valence electrons. The van der Waals surface area contributed by atoms with Crippen LogP contribution in [0, 0.1) is 5.92 Å². The number of hydrogen-bond donors (Lipinski definition) is 2. The highest BCUT2D eigenvalue weighted by Crippen LogP contribution is 2.41. The molecule has 2 unspecified atom stereocenters. The van der Waals surface area contributed by atoms with Crippen LogP contribution in [-0.4, -0.2) is 21.3 Å². The van der Waals surface area contributed by atoms with Crippen molar-refractivity contribution in [2.75, 3.05) is 5.73 Å². The zero-order valence-electron chi connectivity index (χ0n) is 8.09. The second kappa shape index (κ2) is 4.10. The Kier molecular flexibility index (Phi) is 2.81. The third kappa shape index (κ3) is 2.23. The maximum absolute atomic E-state index is 10.8. The lowest BCUT2D eigenvalue weighted by atomic mass is 9.85. The topological polar surface area (TPSA) is 76.2 Å². The van der Waals surface area contributed by atoms with E-state index in [-0.39, 0.29) is 11.2 Å². The standard InChI is InChI=1S/C10H12N2O2S/c11-9-4-1-6(5-12-9)15-8-3-2-7(8)10(13)14/h1,4-5,7-8H,2-3H2,(H2,11,12)(H,13,14). The predicted molar refractivity (Wildman–Crippen MR) is 58.7 cm³/mol. The lowest BCUT2D eigenvalue weighted by molar-refractivity contribution is -0.144. The van der Waals surface area contributed by atoms with Gasteiger partial charge < -0.3 is 10.8 Å². The van der Waals surface area contributed by atoms with Gasteiger partial charge in [0.15, 0.2) is 0 Å². The molecule has 1 heterocycles. The van der Waals surface area contributed by atoms with Crippen molar-refractivity contribution in [2.24, 2.45) is 5.92 Å². The number of rotatable bonds is 3. The molecule has 0 radical (unpaired) electrons. The molecule has 0 bridgehead atoms. The number of carbonyl (C=O) groups is 1. The molecule has 0 amide bonds. The number of hydrogen-bond acceptors (Lipinski definition) is 4. The number of carboxylic acid groups (broad SMARTS) is 1. The molecule has 0 aliphatic heterocycles. The fraction of sp³-hybridized carbons (Fsp3) is 0.400. The van der Waals surface area contributed by atoms with E-state index in [9.17, 15) is 4.79 Å². The second-order valence-electron chi connectivity index (χ2n) is 3.60. The van der Waals surface area contributed by atoms with Gasteiger partial charge in [-0.25, -0.2) is 4.98 Å². The molecular weight excluding hydrogens is 212 g/mol. The van der Waals surface area contributed by atoms with E-state index in [0.29, 0.717) is 5.82 Å². The molecule has 1 aromatic rings. The van der Waals surface area contributed by atoms with Crippen LogP contribution in [0.15, 0.2) is 23.2 Å². The molecule has 1 aromatic heterocycles. The zero-order valence-corrected chi connectivity index (χ0v) is 8.91. The van der Waals surface area contributed by atoms with Crippen LogP contribution in [0.25, 0.3) is 0 Å². The molecule has 1 aliphatic carbocycles. The fourth-order valence-electron chi connectivity index (χ4n) is 1.53. The second-order valence-corrected chi connectivity index (χ2v) is 4.91. The van der Waals surface area contributed by atoms with Crippen molar-refractivity contribution in [3.05, 3.63) is 18.3 Å². The molecule has 2 rings (SSSR count). The minimum Gasteiger partial charge on any atom is -0.481 e. The molecule has 15 heavy (non-hydrogen) atoms. The molecule has 3 N–H and O–H groups in total. The van der Waals surface area contributed by atoms with Crippen LogP contribution >= 0.6 is 11.8 Å². The van der Waals surface area contributed by atoms with E-state index in [1.165, 1.54) is 0 Å². The Balaban J connectivity index is 1.97. The number of carboxylic acids is 1. The Morgan fingerprint density at radius 2 is 2.33 bits per heavy atom. The SMILES string of the molecule is Nc1ccc(SC2CCC2C(=O)O)cn1. The van der Waals surface area contributed by atoms with Gasteiger partial charge in [-0.3, -0.25) is 4.79 Å². The number of nitrogens with zero attached hydrogens (tertiary/aromatic N) is 1. The van der Waals surface area contributed by atoms with E-state index in [4.69, 9.17) is 10.8 Å². The Labute approximate surface area is 91.9 Å². The van der Waals surface area contributed by atoms with Crippen molar-refractivity contribution in [3.63, 3.8) is 0 Å². The van der Waals surface area contributed by atoms with Crippen LogP contribution in [0.1, 0.15) is 12.8 Å². The van der Waals surface area contributed by atoms with E-state index in [2.05, 4.69) is 4.98 Å². The smallest absolute Gasteiger partial charge is 0.307 e. The van der Waals surface area contributed by atoms with Crippen LogP contribution in [-0.2, 0) is 4.79 Å². The highest BCUT2D eigenvalue weighted by Gasteiger charge is 2.37. The van der Waals surface area contributed by atoms with Crippen molar-refractivity contribution >= 4 is 23.5 Å². The summed E-state index contributed by atoms with van der Waals surface area (Å²) in [5.74, 6) is -0.405. The number of aliphatic carboxylic acids is 1. The molecule has 2 atom stereocenters. The zero-order chi connectivity index (χ0) is 10.8. The van der Waals surface area contributed by atoms with Gasteiger partial charge in [0.05, 0.1) is 5.92 Å². The highest BCUT2D eigenvalue weighted by molar-refractivity contribution is 8.00. The number of nitrogens with two attached hydrogens (primary N) is 1. The summed E-state index contributed by atoms with van der Waals surface area (Å²) in [6.45, 7) is 0. The summed E-state index contributed by atoms with van der Waals surface area (Å²) >= 11 is 1.58. The molecule has 1 fully saturated rings. The van der Waals surface area contributed by atoms with Crippen molar-refractivity contribution in [2.45, 2.75) is 23.0 Å². The van der Waals surface area contributed by atoms with Crippen LogP contribution in [0.2, 0.25) is 0 Å². The Morgan fingerprint density at radius 1 is 1.53 bits per heavy atom. The van der Waals surface area contributed by atoms with Crippen LogP contribution in [0.3, 0.4) is 0 Å². The first-order chi connectivity index (χ1) is 7.16. The molecule has 0 aromatic carbocycles. The number of pyridine rings is 1. The minimum absolute atomic E-state index is 0.188. The van der Waals surface area contributed by atoms with Gasteiger partial charge in [0.25, 0.3) is 0 Å². The number of nitrogen functional groups attached to an aromatic ring is 1. The summed E-state index contributed by atoms with van der Waals surface area (Å²) in [7, 11) is 0. The quantitative estimate of drug-likeness (QED) is 0.815. The molecule has 4 nitrogen and oxygen atoms in total. The number of aromatic nitrogens is 1. The first kappa shape index (κ1) is 10.3. The lowest BCUT2D eigenvalue weighted by Crippen LogP contribution is -2.35. The van der Waals surface area contributed by atoms with E-state index < -0.39 is 5.97 Å². The minimum atomic E-state index is -0.692. The summed E-state index contributed by atoms with van der Waals surface area (Å²) in [5, 5.41) is 9.06. The molecule has 1 aliphatic rings. The van der Waals surface area contributed by atoms with Gasteiger partial charge >= 0.3 is 5.97 Å². The maximum atomic E-state index is 10.8. The summed E-state index contributed by atoms with van der Waals surface area (Å²) in [6.07, 6.45) is 3.44. The Bertz CT molecular complexity index is 366. The van der Waals surface area contributed by atoms with Gasteiger partial charge in [-0.15, -0.1) is 11.8 Å². The summed E-state index contributed by atoms with van der Waals surface area (Å²) in [4.78, 5) is 15.7. The first-order valence-electron chi connectivity index (χ1n) is 4.78. The molecule has 1 saturated carbocycles. The van der Waals surface area contributed by atoms with Crippen molar-refractivity contribution in [1.82, 2.24) is 4.98 Å². The number of anilines is 1. The molecule has 0 saturated heterocycles. The monoisotopic (exact) mass is 224 g/mol. The van der Waals surface area contributed by atoms with E-state index in [1.807, 2.05) is 6.07 Å². The van der Waals surface area contributed by atoms with Crippen molar-refractivity contribution in [1.29, 1.82) is 0 Å².